The van der Waals surface area contributed by atoms with Crippen LogP contribution in [0.25, 0.3) is 0 Å². The zero-order valence-corrected chi connectivity index (χ0v) is 10.7. The summed E-state index contributed by atoms with van der Waals surface area (Å²) in [6.45, 7) is 5.42. The molecule has 0 aliphatic heterocycles. The maximum Gasteiger partial charge on any atom is 0.165 e. The van der Waals surface area contributed by atoms with Crippen molar-refractivity contribution < 1.29 is 9.13 Å². The molecule has 3 nitrogen and oxygen atoms in total. The fraction of sp³-hybridized carbons (Fsp3) is 0.538. The Morgan fingerprint density at radius 2 is 2.12 bits per heavy atom. The first kappa shape index (κ1) is 13.9. The standard InChI is InChI=1S/C13H21FN2O/c1-13(2,6-7-15)16-9-10-4-5-12(17-3)11(14)8-10/h4-5,8,16H,6-7,9,15H2,1-3H3. The number of methoxy groups -OCH3 is 1. The molecule has 0 saturated heterocycles. The van der Waals surface area contributed by atoms with Crippen LogP contribution in [0.15, 0.2) is 18.2 Å². The molecule has 0 bridgehead atoms. The Hall–Kier alpha value is -1.13. The first-order chi connectivity index (χ1) is 7.98. The number of benzene rings is 1. The highest BCUT2D eigenvalue weighted by atomic mass is 19.1. The van der Waals surface area contributed by atoms with Crippen LogP contribution in [0.4, 0.5) is 4.39 Å². The van der Waals surface area contributed by atoms with Crippen LogP contribution in [0.2, 0.25) is 0 Å². The van der Waals surface area contributed by atoms with Crippen molar-refractivity contribution >= 4 is 0 Å². The van der Waals surface area contributed by atoms with Crippen molar-refractivity contribution in [1.29, 1.82) is 0 Å². The fourth-order valence-electron chi connectivity index (χ4n) is 1.61. The quantitative estimate of drug-likeness (QED) is 0.800. The largest absolute Gasteiger partial charge is 0.494 e. The summed E-state index contributed by atoms with van der Waals surface area (Å²) in [5, 5.41) is 3.35. The average Bonchev–Trinajstić information content (AvgIpc) is 2.27. The van der Waals surface area contributed by atoms with Crippen molar-refractivity contribution in [2.24, 2.45) is 5.73 Å². The number of nitrogens with two attached hydrogens (primary N) is 1. The lowest BCUT2D eigenvalue weighted by atomic mass is 10.0. The predicted molar refractivity (Wildman–Crippen MR) is 67.5 cm³/mol. The Bertz CT molecular complexity index is 366. The summed E-state index contributed by atoms with van der Waals surface area (Å²) < 4.78 is 18.3. The molecule has 0 heterocycles. The van der Waals surface area contributed by atoms with Crippen molar-refractivity contribution in [3.05, 3.63) is 29.6 Å². The third kappa shape index (κ3) is 4.32. The van der Waals surface area contributed by atoms with Gasteiger partial charge in [-0.2, -0.15) is 0 Å². The van der Waals surface area contributed by atoms with E-state index in [0.717, 1.165) is 12.0 Å². The minimum atomic E-state index is -0.330. The topological polar surface area (TPSA) is 47.3 Å². The van der Waals surface area contributed by atoms with Gasteiger partial charge in [-0.3, -0.25) is 0 Å². The Morgan fingerprint density at radius 3 is 2.65 bits per heavy atom. The van der Waals surface area contributed by atoms with Crippen LogP contribution in [-0.4, -0.2) is 19.2 Å². The molecule has 3 N–H and O–H groups in total. The van der Waals surface area contributed by atoms with Gasteiger partial charge in [0.25, 0.3) is 0 Å². The summed E-state index contributed by atoms with van der Waals surface area (Å²) in [5.41, 5.74) is 6.39. The summed E-state index contributed by atoms with van der Waals surface area (Å²) in [6.07, 6.45) is 0.881. The zero-order chi connectivity index (χ0) is 12.9. The molecule has 1 aromatic carbocycles. The van der Waals surface area contributed by atoms with E-state index in [1.54, 1.807) is 6.07 Å². The highest BCUT2D eigenvalue weighted by molar-refractivity contribution is 5.29. The minimum absolute atomic E-state index is 0.0366. The summed E-state index contributed by atoms with van der Waals surface area (Å²) in [4.78, 5) is 0. The van der Waals surface area contributed by atoms with Crippen LogP contribution in [-0.2, 0) is 6.54 Å². The van der Waals surface area contributed by atoms with Gasteiger partial charge in [-0.15, -0.1) is 0 Å². The van der Waals surface area contributed by atoms with Gasteiger partial charge < -0.3 is 15.8 Å². The van der Waals surface area contributed by atoms with Gasteiger partial charge in [-0.1, -0.05) is 6.07 Å². The molecular formula is C13H21FN2O. The molecule has 96 valence electrons. The number of rotatable bonds is 6. The van der Waals surface area contributed by atoms with E-state index >= 15 is 0 Å². The number of halogens is 1. The molecule has 1 rings (SSSR count). The Kier molecular flexibility index (Phi) is 4.90. The zero-order valence-electron chi connectivity index (χ0n) is 10.7. The lowest BCUT2D eigenvalue weighted by Crippen LogP contribution is -2.40. The SMILES string of the molecule is COc1ccc(CNC(C)(C)CCN)cc1F. The highest BCUT2D eigenvalue weighted by Gasteiger charge is 2.15. The third-order valence-electron chi connectivity index (χ3n) is 2.76. The van der Waals surface area contributed by atoms with E-state index in [2.05, 4.69) is 19.2 Å². The maximum absolute atomic E-state index is 13.4. The van der Waals surface area contributed by atoms with Crippen LogP contribution in [0.5, 0.6) is 5.75 Å². The van der Waals surface area contributed by atoms with Gasteiger partial charge in [0.15, 0.2) is 11.6 Å². The predicted octanol–water partition coefficient (Wildman–Crippen LogP) is 2.05. The van der Waals surface area contributed by atoms with Crippen LogP contribution in [0.1, 0.15) is 25.8 Å². The van der Waals surface area contributed by atoms with Crippen molar-refractivity contribution in [2.45, 2.75) is 32.4 Å². The average molecular weight is 240 g/mol. The van der Waals surface area contributed by atoms with E-state index in [4.69, 9.17) is 10.5 Å². The van der Waals surface area contributed by atoms with Gasteiger partial charge in [-0.05, 0) is 44.5 Å². The molecule has 0 unspecified atom stereocenters. The molecule has 0 aliphatic carbocycles. The van der Waals surface area contributed by atoms with E-state index in [1.807, 2.05) is 6.07 Å². The van der Waals surface area contributed by atoms with Crippen molar-refractivity contribution in [2.75, 3.05) is 13.7 Å². The van der Waals surface area contributed by atoms with E-state index in [1.165, 1.54) is 13.2 Å². The number of nitrogens with one attached hydrogen (secondary N) is 1. The van der Waals surface area contributed by atoms with Gasteiger partial charge in [-0.25, -0.2) is 4.39 Å². The lowest BCUT2D eigenvalue weighted by Gasteiger charge is -2.25. The second-order valence-electron chi connectivity index (χ2n) is 4.75. The van der Waals surface area contributed by atoms with Gasteiger partial charge >= 0.3 is 0 Å². The molecule has 0 aliphatic rings. The molecule has 17 heavy (non-hydrogen) atoms. The van der Waals surface area contributed by atoms with Gasteiger partial charge in [0, 0.05) is 12.1 Å². The fourth-order valence-corrected chi connectivity index (χ4v) is 1.61. The molecule has 0 aromatic heterocycles. The molecule has 1 aromatic rings. The normalized spacial score (nSPS) is 11.6. The molecule has 0 spiro atoms. The number of hydrogen-bond acceptors (Lipinski definition) is 3. The molecule has 4 heteroatoms. The van der Waals surface area contributed by atoms with Crippen molar-refractivity contribution in [3.8, 4) is 5.75 Å². The second-order valence-corrected chi connectivity index (χ2v) is 4.75. The molecule has 0 amide bonds. The van der Waals surface area contributed by atoms with Crippen molar-refractivity contribution in [3.63, 3.8) is 0 Å². The van der Waals surface area contributed by atoms with Crippen LogP contribution in [0.3, 0.4) is 0 Å². The number of hydrogen-bond donors (Lipinski definition) is 2. The molecule has 0 atom stereocenters. The number of ether oxygens (including phenoxy) is 1. The van der Waals surface area contributed by atoms with Crippen LogP contribution in [0, 0.1) is 5.82 Å². The van der Waals surface area contributed by atoms with E-state index in [0.29, 0.717) is 13.1 Å². The first-order valence-corrected chi connectivity index (χ1v) is 5.76. The van der Waals surface area contributed by atoms with E-state index in [-0.39, 0.29) is 17.1 Å². The Morgan fingerprint density at radius 1 is 1.41 bits per heavy atom. The summed E-state index contributed by atoms with van der Waals surface area (Å²) in [7, 11) is 1.46. The van der Waals surface area contributed by atoms with Crippen molar-refractivity contribution in [1.82, 2.24) is 5.32 Å². The third-order valence-corrected chi connectivity index (χ3v) is 2.76. The smallest absolute Gasteiger partial charge is 0.165 e. The highest BCUT2D eigenvalue weighted by Crippen LogP contribution is 2.18. The Balaban J connectivity index is 2.61. The Labute approximate surface area is 102 Å². The lowest BCUT2D eigenvalue weighted by molar-refractivity contribution is 0.363. The first-order valence-electron chi connectivity index (χ1n) is 5.76. The summed E-state index contributed by atoms with van der Waals surface area (Å²) >= 11 is 0. The second kappa shape index (κ2) is 5.98. The summed E-state index contributed by atoms with van der Waals surface area (Å²) in [5.74, 6) is -0.0570. The molecule has 0 fully saturated rings. The molecule has 0 saturated carbocycles. The van der Waals surface area contributed by atoms with Crippen LogP contribution >= 0.6 is 0 Å². The van der Waals surface area contributed by atoms with E-state index in [9.17, 15) is 4.39 Å². The van der Waals surface area contributed by atoms with E-state index < -0.39 is 0 Å². The van der Waals surface area contributed by atoms with Gasteiger partial charge in [0.05, 0.1) is 7.11 Å². The monoisotopic (exact) mass is 240 g/mol. The summed E-state index contributed by atoms with van der Waals surface area (Å²) in [6, 6.07) is 4.99. The maximum atomic E-state index is 13.4. The van der Waals surface area contributed by atoms with Crippen LogP contribution < -0.4 is 15.8 Å². The minimum Gasteiger partial charge on any atom is -0.494 e. The van der Waals surface area contributed by atoms with Gasteiger partial charge in [0.2, 0.25) is 0 Å². The molecule has 0 radical (unpaired) electrons. The van der Waals surface area contributed by atoms with Gasteiger partial charge in [0.1, 0.15) is 0 Å². The molecular weight excluding hydrogens is 219 g/mol.